The van der Waals surface area contributed by atoms with E-state index in [1.165, 1.54) is 0 Å². The van der Waals surface area contributed by atoms with E-state index < -0.39 is 0 Å². The van der Waals surface area contributed by atoms with Crippen molar-refractivity contribution < 1.29 is 18.7 Å². The Morgan fingerprint density at radius 3 is 2.50 bits per heavy atom. The van der Waals surface area contributed by atoms with Crippen LogP contribution in [-0.4, -0.2) is 47.9 Å². The van der Waals surface area contributed by atoms with Crippen LogP contribution < -0.4 is 10.1 Å². The van der Waals surface area contributed by atoms with Gasteiger partial charge in [0.25, 0.3) is 5.91 Å². The molecule has 0 bridgehead atoms. The van der Waals surface area contributed by atoms with Crippen LogP contribution in [0.1, 0.15) is 41.1 Å². The van der Waals surface area contributed by atoms with Crippen LogP contribution in [0.4, 0.5) is 0 Å². The van der Waals surface area contributed by atoms with Gasteiger partial charge < -0.3 is 24.4 Å². The molecule has 2 N–H and O–H groups in total. The highest BCUT2D eigenvalue weighted by atomic mass is 16.5. The minimum absolute atomic E-state index is 0.0437. The predicted octanol–water partition coefficient (Wildman–Crippen LogP) is 5.10. The lowest BCUT2D eigenvalue weighted by atomic mass is 9.99. The number of piperidine rings is 1. The number of hydrogen-bond acceptors (Lipinski definition) is 4. The number of aromatic nitrogens is 1. The van der Waals surface area contributed by atoms with E-state index in [2.05, 4.69) is 22.4 Å². The van der Waals surface area contributed by atoms with E-state index in [4.69, 9.17) is 9.15 Å². The van der Waals surface area contributed by atoms with Crippen molar-refractivity contribution in [1.29, 1.82) is 0 Å². The first-order chi connectivity index (χ1) is 17.5. The molecule has 1 aliphatic heterocycles. The van der Waals surface area contributed by atoms with Gasteiger partial charge in [0.2, 0.25) is 5.91 Å². The van der Waals surface area contributed by atoms with Gasteiger partial charge >= 0.3 is 0 Å². The van der Waals surface area contributed by atoms with Crippen molar-refractivity contribution in [2.45, 2.75) is 38.6 Å². The lowest BCUT2D eigenvalue weighted by molar-refractivity contribution is -0.132. The number of rotatable bonds is 7. The quantitative estimate of drug-likeness (QED) is 0.381. The van der Waals surface area contributed by atoms with Crippen molar-refractivity contribution in [3.05, 3.63) is 77.7 Å². The van der Waals surface area contributed by atoms with E-state index in [-0.39, 0.29) is 17.9 Å². The summed E-state index contributed by atoms with van der Waals surface area (Å²) in [5, 5.41) is 4.18. The maximum atomic E-state index is 13.1. The maximum absolute atomic E-state index is 13.1. The zero-order chi connectivity index (χ0) is 25.1. The molecule has 1 fully saturated rings. The molecule has 0 aliphatic carbocycles. The van der Waals surface area contributed by atoms with Crippen LogP contribution in [0.5, 0.6) is 5.75 Å². The average Bonchev–Trinajstić information content (AvgIpc) is 3.51. The van der Waals surface area contributed by atoms with Gasteiger partial charge in [0.05, 0.1) is 7.11 Å². The Labute approximate surface area is 210 Å². The van der Waals surface area contributed by atoms with Gasteiger partial charge in [-0.1, -0.05) is 18.2 Å². The number of H-pyrrole nitrogens is 1. The standard InChI is InChI=1S/C29H31N3O4/c1-19-7-13-26(36-19)29(34)30-21-15-17-32(18-16-21)27(33)14-12-24-23-5-3-4-6-25(23)31-28(24)20-8-10-22(35-2)11-9-20/h3-11,13,21,31H,12,14-18H2,1-2H3,(H,30,34). The summed E-state index contributed by atoms with van der Waals surface area (Å²) >= 11 is 0. The largest absolute Gasteiger partial charge is 0.497 e. The van der Waals surface area contributed by atoms with Crippen LogP contribution >= 0.6 is 0 Å². The van der Waals surface area contributed by atoms with Crippen molar-refractivity contribution in [3.63, 3.8) is 0 Å². The second kappa shape index (κ2) is 10.3. The van der Waals surface area contributed by atoms with Gasteiger partial charge in [0, 0.05) is 42.1 Å². The molecule has 7 heteroatoms. The SMILES string of the molecule is COc1ccc(-c2[nH]c3ccccc3c2CCC(=O)N2CCC(NC(=O)c3ccc(C)o3)CC2)cc1. The third-order valence-electron chi connectivity index (χ3n) is 6.93. The zero-order valence-electron chi connectivity index (χ0n) is 20.7. The topological polar surface area (TPSA) is 87.6 Å². The second-order valence-electron chi connectivity index (χ2n) is 9.29. The minimum Gasteiger partial charge on any atom is -0.497 e. The number of nitrogens with zero attached hydrogens (tertiary/aromatic N) is 1. The van der Waals surface area contributed by atoms with Crippen molar-refractivity contribution in [2.24, 2.45) is 0 Å². The number of para-hydroxylation sites is 1. The fourth-order valence-electron chi connectivity index (χ4n) is 4.94. The third kappa shape index (κ3) is 5.00. The Bertz CT molecular complexity index is 1360. The van der Waals surface area contributed by atoms with Crippen molar-refractivity contribution in [2.75, 3.05) is 20.2 Å². The van der Waals surface area contributed by atoms with Gasteiger partial charge in [-0.05, 0) is 79.8 Å². The smallest absolute Gasteiger partial charge is 0.287 e. The molecule has 0 unspecified atom stereocenters. The van der Waals surface area contributed by atoms with Crippen LogP contribution in [0.3, 0.4) is 0 Å². The van der Waals surface area contributed by atoms with Gasteiger partial charge in [-0.25, -0.2) is 0 Å². The lowest BCUT2D eigenvalue weighted by Gasteiger charge is -2.32. The Morgan fingerprint density at radius 2 is 1.81 bits per heavy atom. The number of carbonyl (C=O) groups is 2. The lowest BCUT2D eigenvalue weighted by Crippen LogP contribution is -2.46. The molecule has 0 saturated carbocycles. The van der Waals surface area contributed by atoms with Gasteiger partial charge in [0.15, 0.2) is 5.76 Å². The summed E-state index contributed by atoms with van der Waals surface area (Å²) in [5.41, 5.74) is 4.33. The predicted molar refractivity (Wildman–Crippen MR) is 139 cm³/mol. The molecule has 2 aromatic heterocycles. The number of carbonyl (C=O) groups excluding carboxylic acids is 2. The highest BCUT2D eigenvalue weighted by molar-refractivity contribution is 5.92. The van der Waals surface area contributed by atoms with Crippen molar-refractivity contribution in [1.82, 2.24) is 15.2 Å². The molecule has 2 aromatic carbocycles. The second-order valence-corrected chi connectivity index (χ2v) is 9.29. The summed E-state index contributed by atoms with van der Waals surface area (Å²) in [6, 6.07) is 19.7. The molecule has 186 valence electrons. The molecule has 3 heterocycles. The molecular formula is C29H31N3O4. The van der Waals surface area contributed by atoms with Gasteiger partial charge in [0.1, 0.15) is 11.5 Å². The molecular weight excluding hydrogens is 454 g/mol. The first-order valence-electron chi connectivity index (χ1n) is 12.4. The van der Waals surface area contributed by atoms with Crippen LogP contribution in [0, 0.1) is 6.92 Å². The Balaban J connectivity index is 1.22. The van der Waals surface area contributed by atoms with E-state index in [0.717, 1.165) is 46.3 Å². The molecule has 2 amide bonds. The molecule has 0 spiro atoms. The number of furan rings is 1. The van der Waals surface area contributed by atoms with Crippen molar-refractivity contribution in [3.8, 4) is 17.0 Å². The van der Waals surface area contributed by atoms with Gasteiger partial charge in [-0.15, -0.1) is 0 Å². The maximum Gasteiger partial charge on any atom is 0.287 e. The molecule has 5 rings (SSSR count). The van der Waals surface area contributed by atoms with E-state index >= 15 is 0 Å². The van der Waals surface area contributed by atoms with Crippen molar-refractivity contribution >= 4 is 22.7 Å². The van der Waals surface area contributed by atoms with Crippen LogP contribution in [0.2, 0.25) is 0 Å². The first kappa shape index (κ1) is 23.7. The fraction of sp³-hybridized carbons (Fsp3) is 0.310. The number of likely N-dealkylation sites (tertiary alicyclic amines) is 1. The highest BCUT2D eigenvalue weighted by Crippen LogP contribution is 2.32. The molecule has 1 aliphatic rings. The Morgan fingerprint density at radius 1 is 1.06 bits per heavy atom. The van der Waals surface area contributed by atoms with E-state index in [0.29, 0.717) is 37.5 Å². The fourth-order valence-corrected chi connectivity index (χ4v) is 4.94. The average molecular weight is 486 g/mol. The van der Waals surface area contributed by atoms with E-state index in [1.807, 2.05) is 48.2 Å². The summed E-state index contributed by atoms with van der Waals surface area (Å²) in [6.07, 6.45) is 2.56. The summed E-state index contributed by atoms with van der Waals surface area (Å²) < 4.78 is 10.7. The van der Waals surface area contributed by atoms with Crippen LogP contribution in [0.15, 0.2) is 65.1 Å². The zero-order valence-corrected chi connectivity index (χ0v) is 20.7. The minimum atomic E-state index is -0.196. The number of ether oxygens (including phenoxy) is 1. The summed E-state index contributed by atoms with van der Waals surface area (Å²) in [7, 11) is 1.66. The molecule has 4 aromatic rings. The monoisotopic (exact) mass is 485 g/mol. The molecule has 36 heavy (non-hydrogen) atoms. The Hall–Kier alpha value is -4.00. The van der Waals surface area contributed by atoms with E-state index in [9.17, 15) is 9.59 Å². The number of nitrogens with one attached hydrogen (secondary N) is 2. The number of aromatic amines is 1. The Kier molecular flexibility index (Phi) is 6.80. The highest BCUT2D eigenvalue weighted by Gasteiger charge is 2.25. The number of aryl methyl sites for hydroxylation is 2. The number of fused-ring (bicyclic) bond motifs is 1. The molecule has 0 atom stereocenters. The molecule has 0 radical (unpaired) electrons. The number of amides is 2. The van der Waals surface area contributed by atoms with E-state index in [1.54, 1.807) is 19.2 Å². The number of hydrogen-bond donors (Lipinski definition) is 2. The van der Waals surface area contributed by atoms with Gasteiger partial charge in [-0.2, -0.15) is 0 Å². The summed E-state index contributed by atoms with van der Waals surface area (Å²) in [5.74, 6) is 1.81. The third-order valence-corrected chi connectivity index (χ3v) is 6.93. The van der Waals surface area contributed by atoms with Gasteiger partial charge in [-0.3, -0.25) is 9.59 Å². The van der Waals surface area contributed by atoms with Crippen LogP contribution in [0.25, 0.3) is 22.2 Å². The number of benzene rings is 2. The number of methoxy groups -OCH3 is 1. The normalized spacial score (nSPS) is 14.2. The first-order valence-corrected chi connectivity index (χ1v) is 12.4. The summed E-state index contributed by atoms with van der Waals surface area (Å²) in [6.45, 7) is 3.09. The van der Waals surface area contributed by atoms with Crippen LogP contribution in [-0.2, 0) is 11.2 Å². The summed E-state index contributed by atoms with van der Waals surface area (Å²) in [4.78, 5) is 30.9. The molecule has 1 saturated heterocycles. The molecule has 7 nitrogen and oxygen atoms in total.